The molecule has 2 aliphatic rings. The van der Waals surface area contributed by atoms with E-state index in [0.717, 1.165) is 37.3 Å². The summed E-state index contributed by atoms with van der Waals surface area (Å²) in [5, 5.41) is 5.76. The molecular weight excluding hydrogens is 416 g/mol. The number of aryl methyl sites for hydroxylation is 2. The quantitative estimate of drug-likeness (QED) is 0.687. The van der Waals surface area contributed by atoms with Crippen LogP contribution in [0.25, 0.3) is 0 Å². The van der Waals surface area contributed by atoms with Gasteiger partial charge in [0.05, 0.1) is 18.7 Å². The standard InChI is InChI=1S/C26H32N4O3/c1-17-8-10-20(11-9-17)24-23(25(31)33-4)21(27-26(32)28-24)16-29-12-14-30(15-13-29)22-7-5-6-18(2)19(22)3/h5-11,24H,12-16H2,1-4H3,(H2,27,28,32)/t24-/m0/s1. The first-order valence-electron chi connectivity index (χ1n) is 11.4. The third-order valence-corrected chi connectivity index (χ3v) is 6.64. The number of nitrogens with one attached hydrogen (secondary N) is 2. The molecule has 0 saturated carbocycles. The average Bonchev–Trinajstić information content (AvgIpc) is 2.81. The molecule has 2 N–H and O–H groups in total. The molecule has 1 atom stereocenters. The largest absolute Gasteiger partial charge is 0.466 e. The van der Waals surface area contributed by atoms with Crippen molar-refractivity contribution in [3.8, 4) is 0 Å². The van der Waals surface area contributed by atoms with E-state index in [1.807, 2.05) is 31.2 Å². The third kappa shape index (κ3) is 4.88. The predicted molar refractivity (Wildman–Crippen MR) is 129 cm³/mol. The molecule has 0 spiro atoms. The minimum absolute atomic E-state index is 0.308. The van der Waals surface area contributed by atoms with Crippen LogP contribution in [0.1, 0.15) is 28.3 Å². The lowest BCUT2D eigenvalue weighted by Gasteiger charge is -2.38. The number of benzene rings is 2. The molecule has 0 unspecified atom stereocenters. The second-order valence-corrected chi connectivity index (χ2v) is 8.81. The number of carbonyl (C=O) groups excluding carboxylic acids is 2. The zero-order chi connectivity index (χ0) is 23.5. The van der Waals surface area contributed by atoms with Gasteiger partial charge in [0.25, 0.3) is 0 Å². The molecule has 2 aromatic rings. The molecule has 2 amide bonds. The van der Waals surface area contributed by atoms with Gasteiger partial charge in [0.1, 0.15) is 0 Å². The maximum absolute atomic E-state index is 12.8. The Morgan fingerprint density at radius 2 is 1.73 bits per heavy atom. The molecule has 4 rings (SSSR count). The van der Waals surface area contributed by atoms with Crippen LogP contribution < -0.4 is 15.5 Å². The lowest BCUT2D eigenvalue weighted by atomic mass is 9.94. The number of hydrogen-bond donors (Lipinski definition) is 2. The molecular formula is C26H32N4O3. The number of esters is 1. The Hall–Kier alpha value is -3.32. The van der Waals surface area contributed by atoms with Gasteiger partial charge in [-0.25, -0.2) is 9.59 Å². The molecule has 174 valence electrons. The van der Waals surface area contributed by atoms with Crippen molar-refractivity contribution in [3.63, 3.8) is 0 Å². The minimum Gasteiger partial charge on any atom is -0.466 e. The van der Waals surface area contributed by atoms with Crippen molar-refractivity contribution in [1.82, 2.24) is 15.5 Å². The fraction of sp³-hybridized carbons (Fsp3) is 0.385. The highest BCUT2D eigenvalue weighted by Crippen LogP contribution is 2.29. The molecule has 2 aliphatic heterocycles. The summed E-state index contributed by atoms with van der Waals surface area (Å²) in [7, 11) is 1.37. The Bertz CT molecular complexity index is 1070. The van der Waals surface area contributed by atoms with E-state index < -0.39 is 12.0 Å². The first-order chi connectivity index (χ1) is 15.9. The van der Waals surface area contributed by atoms with Gasteiger partial charge in [0.2, 0.25) is 0 Å². The summed E-state index contributed by atoms with van der Waals surface area (Å²) >= 11 is 0. The Labute approximate surface area is 195 Å². The second-order valence-electron chi connectivity index (χ2n) is 8.81. The lowest BCUT2D eigenvalue weighted by Crippen LogP contribution is -2.51. The van der Waals surface area contributed by atoms with Crippen molar-refractivity contribution in [1.29, 1.82) is 0 Å². The average molecular weight is 449 g/mol. The van der Waals surface area contributed by atoms with Crippen LogP contribution in [0, 0.1) is 20.8 Å². The molecule has 0 radical (unpaired) electrons. The van der Waals surface area contributed by atoms with Crippen molar-refractivity contribution < 1.29 is 14.3 Å². The Morgan fingerprint density at radius 3 is 2.39 bits per heavy atom. The van der Waals surface area contributed by atoms with Gasteiger partial charge in [-0.3, -0.25) is 4.90 Å². The first kappa shape index (κ1) is 22.9. The number of anilines is 1. The normalized spacial score (nSPS) is 19.2. The zero-order valence-electron chi connectivity index (χ0n) is 19.8. The molecule has 1 fully saturated rings. The van der Waals surface area contributed by atoms with Crippen molar-refractivity contribution in [2.45, 2.75) is 26.8 Å². The molecule has 1 saturated heterocycles. The monoisotopic (exact) mass is 448 g/mol. The van der Waals surface area contributed by atoms with Crippen LogP contribution in [0.3, 0.4) is 0 Å². The molecule has 0 bridgehead atoms. The van der Waals surface area contributed by atoms with E-state index in [0.29, 0.717) is 17.8 Å². The topological polar surface area (TPSA) is 73.9 Å². The molecule has 2 aromatic carbocycles. The summed E-state index contributed by atoms with van der Waals surface area (Å²) < 4.78 is 5.10. The highest BCUT2D eigenvalue weighted by molar-refractivity contribution is 5.95. The first-order valence-corrected chi connectivity index (χ1v) is 11.4. The molecule has 7 nitrogen and oxygen atoms in total. The maximum Gasteiger partial charge on any atom is 0.338 e. The number of methoxy groups -OCH3 is 1. The van der Waals surface area contributed by atoms with Gasteiger partial charge in [-0.2, -0.15) is 0 Å². The van der Waals surface area contributed by atoms with Gasteiger partial charge in [-0.1, -0.05) is 42.0 Å². The number of urea groups is 1. The SMILES string of the molecule is COC(=O)C1=C(CN2CCN(c3cccc(C)c3C)CC2)NC(=O)N[C@H]1c1ccc(C)cc1. The molecule has 0 aromatic heterocycles. The van der Waals surface area contributed by atoms with Crippen molar-refractivity contribution >= 4 is 17.7 Å². The van der Waals surface area contributed by atoms with Crippen LogP contribution >= 0.6 is 0 Å². The van der Waals surface area contributed by atoms with Crippen LogP contribution in [-0.4, -0.2) is 56.7 Å². The van der Waals surface area contributed by atoms with E-state index in [2.05, 4.69) is 52.5 Å². The Kier molecular flexibility index (Phi) is 6.70. The van der Waals surface area contributed by atoms with Gasteiger partial charge >= 0.3 is 12.0 Å². The number of rotatable bonds is 5. The summed E-state index contributed by atoms with van der Waals surface area (Å²) in [4.78, 5) is 30.0. The van der Waals surface area contributed by atoms with Crippen LogP contribution in [0.15, 0.2) is 53.7 Å². The minimum atomic E-state index is -0.543. The second kappa shape index (κ2) is 9.67. The van der Waals surface area contributed by atoms with Gasteiger partial charge in [0, 0.05) is 44.1 Å². The molecule has 2 heterocycles. The number of piperazine rings is 1. The number of amides is 2. The van der Waals surface area contributed by atoms with Crippen LogP contribution in [0.4, 0.5) is 10.5 Å². The van der Waals surface area contributed by atoms with Crippen LogP contribution in [-0.2, 0) is 9.53 Å². The fourth-order valence-corrected chi connectivity index (χ4v) is 4.55. The molecule has 33 heavy (non-hydrogen) atoms. The zero-order valence-corrected chi connectivity index (χ0v) is 19.8. The molecule has 0 aliphatic carbocycles. The molecule has 7 heteroatoms. The van der Waals surface area contributed by atoms with Gasteiger partial charge in [0.15, 0.2) is 0 Å². The van der Waals surface area contributed by atoms with Gasteiger partial charge in [-0.15, -0.1) is 0 Å². The number of hydrogen-bond acceptors (Lipinski definition) is 5. The van der Waals surface area contributed by atoms with E-state index in [1.54, 1.807) is 0 Å². The van der Waals surface area contributed by atoms with E-state index >= 15 is 0 Å². The van der Waals surface area contributed by atoms with E-state index in [-0.39, 0.29) is 6.03 Å². The van der Waals surface area contributed by atoms with Crippen molar-refractivity contribution in [2.24, 2.45) is 0 Å². The number of nitrogens with zero attached hydrogens (tertiary/aromatic N) is 2. The Balaban J connectivity index is 1.54. The third-order valence-electron chi connectivity index (χ3n) is 6.64. The van der Waals surface area contributed by atoms with Crippen LogP contribution in [0.5, 0.6) is 0 Å². The maximum atomic E-state index is 12.8. The highest BCUT2D eigenvalue weighted by atomic mass is 16.5. The smallest absolute Gasteiger partial charge is 0.338 e. The summed E-state index contributed by atoms with van der Waals surface area (Å²) in [5.41, 5.74) is 6.92. The summed E-state index contributed by atoms with van der Waals surface area (Å²) in [6.07, 6.45) is 0. The summed E-state index contributed by atoms with van der Waals surface area (Å²) in [6.45, 7) is 10.2. The van der Waals surface area contributed by atoms with Crippen molar-refractivity contribution in [3.05, 3.63) is 76.0 Å². The van der Waals surface area contributed by atoms with E-state index in [1.165, 1.54) is 23.9 Å². The van der Waals surface area contributed by atoms with Crippen LogP contribution in [0.2, 0.25) is 0 Å². The predicted octanol–water partition coefficient (Wildman–Crippen LogP) is 3.22. The van der Waals surface area contributed by atoms with Gasteiger partial charge < -0.3 is 20.3 Å². The summed E-state index contributed by atoms with van der Waals surface area (Å²) in [6, 6.07) is 13.4. The lowest BCUT2D eigenvalue weighted by molar-refractivity contribution is -0.136. The summed E-state index contributed by atoms with van der Waals surface area (Å²) in [5.74, 6) is -0.433. The fourth-order valence-electron chi connectivity index (χ4n) is 4.55. The Morgan fingerprint density at radius 1 is 1.03 bits per heavy atom. The van der Waals surface area contributed by atoms with Gasteiger partial charge in [-0.05, 0) is 43.5 Å². The van der Waals surface area contributed by atoms with E-state index in [4.69, 9.17) is 4.74 Å². The number of carbonyl (C=O) groups is 2. The number of ether oxygens (including phenoxy) is 1. The van der Waals surface area contributed by atoms with Crippen molar-refractivity contribution in [2.75, 3.05) is 44.7 Å². The highest BCUT2D eigenvalue weighted by Gasteiger charge is 2.34. The van der Waals surface area contributed by atoms with E-state index in [9.17, 15) is 9.59 Å².